The van der Waals surface area contributed by atoms with Crippen LogP contribution < -0.4 is 5.32 Å². The maximum atomic E-state index is 12.9. The first kappa shape index (κ1) is 17.7. The number of likely N-dealkylation sites (tertiary alicyclic amines) is 1. The van der Waals surface area contributed by atoms with Gasteiger partial charge in [-0.2, -0.15) is 0 Å². The molecule has 1 aromatic carbocycles. The van der Waals surface area contributed by atoms with E-state index >= 15 is 0 Å². The molecule has 3 aromatic rings. The van der Waals surface area contributed by atoms with Crippen LogP contribution in [0.4, 0.5) is 0 Å². The summed E-state index contributed by atoms with van der Waals surface area (Å²) in [6, 6.07) is 12.4. The van der Waals surface area contributed by atoms with E-state index in [2.05, 4.69) is 34.3 Å². The molecule has 1 N–H and O–H groups in total. The minimum Gasteiger partial charge on any atom is -0.461 e. The molecule has 0 saturated carbocycles. The Hall–Kier alpha value is -2.66. The molecule has 0 bridgehead atoms. The molecule has 1 amide bonds. The number of fused-ring (bicyclic) bond motifs is 1. The van der Waals surface area contributed by atoms with E-state index < -0.39 is 0 Å². The van der Waals surface area contributed by atoms with Gasteiger partial charge in [0.1, 0.15) is 11.3 Å². The molecule has 0 spiro atoms. The summed E-state index contributed by atoms with van der Waals surface area (Å²) < 4.78 is 5.73. The van der Waals surface area contributed by atoms with E-state index in [4.69, 9.17) is 4.42 Å². The van der Waals surface area contributed by atoms with Gasteiger partial charge in [0.05, 0.1) is 5.56 Å². The van der Waals surface area contributed by atoms with Crippen molar-refractivity contribution in [2.24, 2.45) is 0 Å². The van der Waals surface area contributed by atoms with Gasteiger partial charge in [-0.1, -0.05) is 18.2 Å². The molecular weight excluding hydrogens is 338 g/mol. The van der Waals surface area contributed by atoms with Gasteiger partial charge in [0, 0.05) is 43.0 Å². The zero-order chi connectivity index (χ0) is 18.8. The Balaban J connectivity index is 1.39. The molecule has 2 aromatic heterocycles. The lowest BCUT2D eigenvalue weighted by Crippen LogP contribution is -2.45. The Labute approximate surface area is 159 Å². The van der Waals surface area contributed by atoms with Crippen LogP contribution in [0.25, 0.3) is 11.0 Å². The van der Waals surface area contributed by atoms with Crippen molar-refractivity contribution in [1.82, 2.24) is 15.2 Å². The average molecular weight is 363 g/mol. The molecule has 0 radical (unpaired) electrons. The highest BCUT2D eigenvalue weighted by Crippen LogP contribution is 2.27. The molecule has 1 fully saturated rings. The predicted octanol–water partition coefficient (Wildman–Crippen LogP) is 4.09. The standard InChI is InChI=1S/C22H25N3O2/c1-15(17-7-11-23-12-8-17)25-13-9-18(10-14-25)24-22(26)21-16(2)27-20-6-4-3-5-19(20)21/h3-8,11-12,15,18H,9-10,13-14H2,1-2H3,(H,24,26)/t15-/m0/s1. The smallest absolute Gasteiger partial charge is 0.255 e. The number of para-hydroxylation sites is 1. The third kappa shape index (κ3) is 3.60. The number of pyridine rings is 1. The number of aryl methyl sites for hydroxylation is 1. The summed E-state index contributed by atoms with van der Waals surface area (Å²) in [4.78, 5) is 19.4. The second-order valence-corrected chi connectivity index (χ2v) is 7.27. The molecule has 5 nitrogen and oxygen atoms in total. The Morgan fingerprint density at radius 1 is 1.19 bits per heavy atom. The molecule has 5 heteroatoms. The van der Waals surface area contributed by atoms with Gasteiger partial charge in [-0.25, -0.2) is 0 Å². The number of furan rings is 1. The number of benzene rings is 1. The van der Waals surface area contributed by atoms with Crippen molar-refractivity contribution in [2.75, 3.05) is 13.1 Å². The summed E-state index contributed by atoms with van der Waals surface area (Å²) in [6.45, 7) is 6.03. The van der Waals surface area contributed by atoms with Crippen molar-refractivity contribution < 1.29 is 9.21 Å². The number of carbonyl (C=O) groups excluding carboxylic acids is 1. The number of hydrogen-bond acceptors (Lipinski definition) is 4. The molecule has 0 unspecified atom stereocenters. The number of hydrogen-bond donors (Lipinski definition) is 1. The highest BCUT2D eigenvalue weighted by Gasteiger charge is 2.26. The molecular formula is C22H25N3O2. The van der Waals surface area contributed by atoms with Crippen molar-refractivity contribution >= 4 is 16.9 Å². The van der Waals surface area contributed by atoms with Gasteiger partial charge >= 0.3 is 0 Å². The van der Waals surface area contributed by atoms with Gasteiger partial charge in [0.25, 0.3) is 5.91 Å². The molecule has 1 aliphatic rings. The van der Waals surface area contributed by atoms with Crippen LogP contribution in [0.1, 0.15) is 47.5 Å². The van der Waals surface area contributed by atoms with Crippen molar-refractivity contribution in [3.63, 3.8) is 0 Å². The zero-order valence-corrected chi connectivity index (χ0v) is 15.8. The Morgan fingerprint density at radius 3 is 2.63 bits per heavy atom. The van der Waals surface area contributed by atoms with E-state index in [1.54, 1.807) is 0 Å². The van der Waals surface area contributed by atoms with Crippen LogP contribution in [-0.4, -0.2) is 34.9 Å². The summed E-state index contributed by atoms with van der Waals surface area (Å²) in [5.41, 5.74) is 2.72. The van der Waals surface area contributed by atoms with E-state index in [1.165, 1.54) is 5.56 Å². The second kappa shape index (κ2) is 7.53. The lowest BCUT2D eigenvalue weighted by molar-refractivity contribution is 0.0896. The number of rotatable bonds is 4. The summed E-state index contributed by atoms with van der Waals surface area (Å²) in [6.07, 6.45) is 5.60. The summed E-state index contributed by atoms with van der Waals surface area (Å²) >= 11 is 0. The van der Waals surface area contributed by atoms with Crippen LogP contribution >= 0.6 is 0 Å². The lowest BCUT2D eigenvalue weighted by Gasteiger charge is -2.36. The van der Waals surface area contributed by atoms with E-state index in [-0.39, 0.29) is 11.9 Å². The van der Waals surface area contributed by atoms with Crippen molar-refractivity contribution in [3.05, 3.63) is 65.7 Å². The number of piperidine rings is 1. The summed E-state index contributed by atoms with van der Waals surface area (Å²) in [7, 11) is 0. The van der Waals surface area contributed by atoms with E-state index in [1.807, 2.05) is 43.6 Å². The van der Waals surface area contributed by atoms with Gasteiger partial charge < -0.3 is 9.73 Å². The first-order chi connectivity index (χ1) is 13.1. The Morgan fingerprint density at radius 2 is 1.89 bits per heavy atom. The quantitative estimate of drug-likeness (QED) is 0.758. The third-order valence-electron chi connectivity index (χ3n) is 5.60. The van der Waals surface area contributed by atoms with Gasteiger partial charge in [-0.05, 0) is 50.5 Å². The van der Waals surface area contributed by atoms with E-state index in [0.29, 0.717) is 17.4 Å². The SMILES string of the molecule is Cc1oc2ccccc2c1C(=O)NC1CCN([C@@H](C)c2ccncc2)CC1. The van der Waals surface area contributed by atoms with Crippen LogP contribution in [0, 0.1) is 6.92 Å². The maximum absolute atomic E-state index is 12.9. The first-order valence-electron chi connectivity index (χ1n) is 9.56. The molecule has 1 aliphatic heterocycles. The van der Waals surface area contributed by atoms with Gasteiger partial charge in [-0.3, -0.25) is 14.7 Å². The summed E-state index contributed by atoms with van der Waals surface area (Å²) in [5.74, 6) is 0.649. The Kier molecular flexibility index (Phi) is 4.94. The lowest BCUT2D eigenvalue weighted by atomic mass is 10.00. The van der Waals surface area contributed by atoms with Gasteiger partial charge in [0.15, 0.2) is 0 Å². The highest BCUT2D eigenvalue weighted by molar-refractivity contribution is 6.07. The van der Waals surface area contributed by atoms with Crippen molar-refractivity contribution in [3.8, 4) is 0 Å². The van der Waals surface area contributed by atoms with Crippen LogP contribution in [0.2, 0.25) is 0 Å². The number of nitrogens with zero attached hydrogens (tertiary/aromatic N) is 2. The summed E-state index contributed by atoms with van der Waals surface area (Å²) in [5, 5.41) is 4.10. The first-order valence-corrected chi connectivity index (χ1v) is 9.56. The molecule has 3 heterocycles. The van der Waals surface area contributed by atoms with Crippen molar-refractivity contribution in [2.45, 2.75) is 38.8 Å². The number of carbonyl (C=O) groups is 1. The largest absolute Gasteiger partial charge is 0.461 e. The molecule has 1 saturated heterocycles. The average Bonchev–Trinajstić information content (AvgIpc) is 3.04. The molecule has 1 atom stereocenters. The van der Waals surface area contributed by atoms with Crippen LogP contribution in [0.15, 0.2) is 53.2 Å². The Bertz CT molecular complexity index is 927. The molecule has 140 valence electrons. The molecule has 0 aliphatic carbocycles. The van der Waals surface area contributed by atoms with Gasteiger partial charge in [0.2, 0.25) is 0 Å². The fourth-order valence-electron chi connectivity index (χ4n) is 3.99. The monoisotopic (exact) mass is 363 g/mol. The van der Waals surface area contributed by atoms with Crippen LogP contribution in [0.3, 0.4) is 0 Å². The minimum atomic E-state index is -0.0296. The topological polar surface area (TPSA) is 58.4 Å². The van der Waals surface area contributed by atoms with Crippen LogP contribution in [0.5, 0.6) is 0 Å². The number of nitrogens with one attached hydrogen (secondary N) is 1. The second-order valence-electron chi connectivity index (χ2n) is 7.27. The van der Waals surface area contributed by atoms with Gasteiger partial charge in [-0.15, -0.1) is 0 Å². The van der Waals surface area contributed by atoms with E-state index in [9.17, 15) is 4.79 Å². The van der Waals surface area contributed by atoms with E-state index in [0.717, 1.165) is 36.9 Å². The fraction of sp³-hybridized carbons (Fsp3) is 0.364. The predicted molar refractivity (Wildman–Crippen MR) is 106 cm³/mol. The number of amides is 1. The highest BCUT2D eigenvalue weighted by atomic mass is 16.3. The van der Waals surface area contributed by atoms with Crippen molar-refractivity contribution in [1.29, 1.82) is 0 Å². The number of aromatic nitrogens is 1. The maximum Gasteiger partial charge on any atom is 0.255 e. The minimum absolute atomic E-state index is 0.0296. The molecule has 27 heavy (non-hydrogen) atoms. The third-order valence-corrected chi connectivity index (χ3v) is 5.60. The normalized spacial score (nSPS) is 17.1. The fourth-order valence-corrected chi connectivity index (χ4v) is 3.99. The van der Waals surface area contributed by atoms with Crippen LogP contribution in [-0.2, 0) is 0 Å². The molecule has 4 rings (SSSR count). The zero-order valence-electron chi connectivity index (χ0n) is 15.8.